The first-order valence-corrected chi connectivity index (χ1v) is 5.35. The van der Waals surface area contributed by atoms with Crippen LogP contribution in [0.3, 0.4) is 0 Å². The Morgan fingerprint density at radius 2 is 1.41 bits per heavy atom. The standard InChI is InChI=1S/C10H19N3O4/c1-3-13(4-2)9(16)10(17,5-7(11)14)6-8(12)15/h17H,3-6H2,1-2H3,(H2,11,14)(H2,12,15). The van der Waals surface area contributed by atoms with Crippen LogP contribution in [-0.2, 0) is 14.4 Å². The van der Waals surface area contributed by atoms with E-state index >= 15 is 0 Å². The first-order valence-electron chi connectivity index (χ1n) is 5.35. The second-order valence-corrected chi connectivity index (χ2v) is 3.80. The molecule has 0 aliphatic rings. The van der Waals surface area contributed by atoms with E-state index in [4.69, 9.17) is 11.5 Å². The lowest BCUT2D eigenvalue weighted by Crippen LogP contribution is -2.52. The van der Waals surface area contributed by atoms with Gasteiger partial charge in [0.1, 0.15) is 0 Å². The minimum absolute atomic E-state index is 0.356. The first kappa shape index (κ1) is 15.4. The molecule has 5 N–H and O–H groups in total. The summed E-state index contributed by atoms with van der Waals surface area (Å²) in [4.78, 5) is 34.9. The van der Waals surface area contributed by atoms with Crippen LogP contribution in [0.5, 0.6) is 0 Å². The Morgan fingerprint density at radius 1 is 1.06 bits per heavy atom. The minimum atomic E-state index is -2.14. The number of hydrogen-bond acceptors (Lipinski definition) is 4. The smallest absolute Gasteiger partial charge is 0.255 e. The fourth-order valence-electron chi connectivity index (χ4n) is 1.60. The van der Waals surface area contributed by atoms with Crippen LogP contribution in [0.2, 0.25) is 0 Å². The number of hydrogen-bond donors (Lipinski definition) is 3. The van der Waals surface area contributed by atoms with Crippen LogP contribution in [-0.4, -0.2) is 46.4 Å². The molecule has 0 unspecified atom stereocenters. The molecule has 0 aromatic carbocycles. The van der Waals surface area contributed by atoms with E-state index in [9.17, 15) is 19.5 Å². The van der Waals surface area contributed by atoms with Crippen LogP contribution in [0.1, 0.15) is 26.7 Å². The molecule has 0 heterocycles. The van der Waals surface area contributed by atoms with Crippen LogP contribution in [0, 0.1) is 0 Å². The fourth-order valence-corrected chi connectivity index (χ4v) is 1.60. The maximum Gasteiger partial charge on any atom is 0.255 e. The Balaban J connectivity index is 5.08. The third-order valence-electron chi connectivity index (χ3n) is 2.38. The van der Waals surface area contributed by atoms with Gasteiger partial charge in [0.15, 0.2) is 5.60 Å². The van der Waals surface area contributed by atoms with E-state index in [1.165, 1.54) is 4.90 Å². The highest BCUT2D eigenvalue weighted by Crippen LogP contribution is 2.18. The maximum atomic E-state index is 12.0. The summed E-state index contributed by atoms with van der Waals surface area (Å²) < 4.78 is 0. The molecule has 0 aromatic heterocycles. The number of carbonyl (C=O) groups is 3. The van der Waals surface area contributed by atoms with E-state index < -0.39 is 36.2 Å². The molecule has 0 rings (SSSR count). The molecule has 0 bridgehead atoms. The molecule has 7 nitrogen and oxygen atoms in total. The van der Waals surface area contributed by atoms with Gasteiger partial charge in [-0.25, -0.2) is 0 Å². The van der Waals surface area contributed by atoms with Crippen molar-refractivity contribution in [1.82, 2.24) is 4.90 Å². The number of amides is 3. The van der Waals surface area contributed by atoms with E-state index in [-0.39, 0.29) is 0 Å². The van der Waals surface area contributed by atoms with E-state index in [1.54, 1.807) is 13.8 Å². The zero-order valence-electron chi connectivity index (χ0n) is 10.1. The lowest BCUT2D eigenvalue weighted by molar-refractivity contribution is -0.157. The average molecular weight is 245 g/mol. The summed E-state index contributed by atoms with van der Waals surface area (Å²) in [6, 6.07) is 0. The monoisotopic (exact) mass is 245 g/mol. The van der Waals surface area contributed by atoms with Gasteiger partial charge in [-0.15, -0.1) is 0 Å². The Kier molecular flexibility index (Phi) is 5.60. The predicted octanol–water partition coefficient (Wildman–Crippen LogP) is -1.66. The van der Waals surface area contributed by atoms with E-state index in [0.29, 0.717) is 13.1 Å². The Morgan fingerprint density at radius 3 is 1.65 bits per heavy atom. The van der Waals surface area contributed by atoms with Gasteiger partial charge in [-0.05, 0) is 13.8 Å². The number of nitrogens with zero attached hydrogens (tertiary/aromatic N) is 1. The predicted molar refractivity (Wildman–Crippen MR) is 60.5 cm³/mol. The van der Waals surface area contributed by atoms with Crippen molar-refractivity contribution >= 4 is 17.7 Å². The largest absolute Gasteiger partial charge is 0.379 e. The average Bonchev–Trinajstić information content (AvgIpc) is 2.16. The summed E-state index contributed by atoms with van der Waals surface area (Å²) in [6.07, 6.45) is -1.24. The van der Waals surface area contributed by atoms with Crippen molar-refractivity contribution in [3.8, 4) is 0 Å². The van der Waals surface area contributed by atoms with Crippen molar-refractivity contribution in [2.75, 3.05) is 13.1 Å². The Bertz CT molecular complexity index is 297. The molecule has 0 spiro atoms. The van der Waals surface area contributed by atoms with Crippen molar-refractivity contribution in [3.05, 3.63) is 0 Å². The van der Waals surface area contributed by atoms with Crippen molar-refractivity contribution in [3.63, 3.8) is 0 Å². The van der Waals surface area contributed by atoms with Gasteiger partial charge < -0.3 is 21.5 Å². The van der Waals surface area contributed by atoms with Crippen molar-refractivity contribution in [2.45, 2.75) is 32.3 Å². The highest BCUT2D eigenvalue weighted by Gasteiger charge is 2.41. The summed E-state index contributed by atoms with van der Waals surface area (Å²) in [7, 11) is 0. The van der Waals surface area contributed by atoms with Gasteiger partial charge in [-0.2, -0.15) is 0 Å². The highest BCUT2D eigenvalue weighted by molar-refractivity contribution is 5.94. The minimum Gasteiger partial charge on any atom is -0.379 e. The summed E-state index contributed by atoms with van der Waals surface area (Å²) in [5.74, 6) is -2.44. The summed E-state index contributed by atoms with van der Waals surface area (Å²) >= 11 is 0. The molecule has 0 aliphatic heterocycles. The molecule has 3 amide bonds. The van der Waals surface area contributed by atoms with E-state index in [2.05, 4.69) is 0 Å². The van der Waals surface area contributed by atoms with Crippen LogP contribution >= 0.6 is 0 Å². The first-order chi connectivity index (χ1) is 7.76. The molecule has 0 aromatic rings. The molecule has 0 saturated carbocycles. The summed E-state index contributed by atoms with van der Waals surface area (Å²) in [6.45, 7) is 4.15. The topological polar surface area (TPSA) is 127 Å². The van der Waals surface area contributed by atoms with Crippen molar-refractivity contribution in [2.24, 2.45) is 11.5 Å². The van der Waals surface area contributed by atoms with Gasteiger partial charge in [0.25, 0.3) is 5.91 Å². The SMILES string of the molecule is CCN(CC)C(=O)C(O)(CC(N)=O)CC(N)=O. The maximum absolute atomic E-state index is 12.0. The lowest BCUT2D eigenvalue weighted by atomic mass is 9.93. The fraction of sp³-hybridized carbons (Fsp3) is 0.700. The zero-order chi connectivity index (χ0) is 13.6. The molecule has 0 radical (unpaired) electrons. The number of carbonyl (C=O) groups excluding carboxylic acids is 3. The number of likely N-dealkylation sites (N-methyl/N-ethyl adjacent to an activating group) is 1. The number of aliphatic hydroxyl groups is 1. The Labute approximate surface area is 99.7 Å². The van der Waals surface area contributed by atoms with Crippen molar-refractivity contribution < 1.29 is 19.5 Å². The zero-order valence-corrected chi connectivity index (χ0v) is 10.1. The molecule has 17 heavy (non-hydrogen) atoms. The van der Waals surface area contributed by atoms with Gasteiger partial charge in [0.2, 0.25) is 11.8 Å². The number of primary amides is 2. The molecular weight excluding hydrogens is 226 g/mol. The van der Waals surface area contributed by atoms with Crippen LogP contribution in [0.25, 0.3) is 0 Å². The van der Waals surface area contributed by atoms with Crippen LogP contribution < -0.4 is 11.5 Å². The second-order valence-electron chi connectivity index (χ2n) is 3.80. The van der Waals surface area contributed by atoms with Gasteiger partial charge in [0, 0.05) is 13.1 Å². The molecule has 98 valence electrons. The normalized spacial score (nSPS) is 11.0. The highest BCUT2D eigenvalue weighted by atomic mass is 16.3. The molecule has 0 fully saturated rings. The van der Waals surface area contributed by atoms with Crippen molar-refractivity contribution in [1.29, 1.82) is 0 Å². The molecule has 0 saturated heterocycles. The number of rotatable bonds is 7. The quantitative estimate of drug-likeness (QED) is 0.496. The van der Waals surface area contributed by atoms with Gasteiger partial charge in [0.05, 0.1) is 12.8 Å². The van der Waals surface area contributed by atoms with Crippen LogP contribution in [0.15, 0.2) is 0 Å². The number of nitrogens with two attached hydrogens (primary N) is 2. The summed E-state index contributed by atoms with van der Waals surface area (Å²) in [5, 5.41) is 10.1. The molecular formula is C10H19N3O4. The third-order valence-corrected chi connectivity index (χ3v) is 2.38. The van der Waals surface area contributed by atoms with Gasteiger partial charge in [-0.3, -0.25) is 14.4 Å². The molecule has 0 aliphatic carbocycles. The van der Waals surface area contributed by atoms with Crippen LogP contribution in [0.4, 0.5) is 0 Å². The van der Waals surface area contributed by atoms with E-state index in [0.717, 1.165) is 0 Å². The third kappa shape index (κ3) is 4.39. The summed E-state index contributed by atoms with van der Waals surface area (Å²) in [5.41, 5.74) is 7.77. The lowest BCUT2D eigenvalue weighted by Gasteiger charge is -2.30. The molecule has 7 heteroatoms. The van der Waals surface area contributed by atoms with Gasteiger partial charge in [-0.1, -0.05) is 0 Å². The van der Waals surface area contributed by atoms with E-state index in [1.807, 2.05) is 0 Å². The van der Waals surface area contributed by atoms with Gasteiger partial charge >= 0.3 is 0 Å². The second kappa shape index (κ2) is 6.19. The molecule has 0 atom stereocenters. The Hall–Kier alpha value is -1.63.